The third-order valence-corrected chi connectivity index (χ3v) is 4.45. The van der Waals surface area contributed by atoms with Crippen LogP contribution in [-0.4, -0.2) is 40.8 Å². The largest absolute Gasteiger partial charge is 0.468 e. The van der Waals surface area contributed by atoms with Gasteiger partial charge in [-0.1, -0.05) is 18.7 Å². The van der Waals surface area contributed by atoms with Crippen molar-refractivity contribution in [3.63, 3.8) is 0 Å². The van der Waals surface area contributed by atoms with Crippen molar-refractivity contribution in [2.24, 2.45) is 0 Å². The molecule has 0 aliphatic rings. The van der Waals surface area contributed by atoms with E-state index in [1.165, 1.54) is 13.2 Å². The molecule has 0 bridgehead atoms. The molecule has 1 amide bonds. The molecule has 0 atom stereocenters. The number of rotatable bonds is 7. The van der Waals surface area contributed by atoms with Gasteiger partial charge in [0.15, 0.2) is 5.16 Å². The summed E-state index contributed by atoms with van der Waals surface area (Å²) in [6.07, 6.45) is -3.74. The molecule has 0 saturated heterocycles. The maximum absolute atomic E-state index is 12.9. The molecule has 26 heavy (non-hydrogen) atoms. The SMILES string of the molecule is CCCn1c(SCC(=O)NCC(=O)OC)nc2ccc(C(F)(F)F)cc21. The maximum atomic E-state index is 12.9. The van der Waals surface area contributed by atoms with Crippen molar-refractivity contribution in [3.05, 3.63) is 23.8 Å². The molecule has 10 heteroatoms. The molecule has 0 spiro atoms. The van der Waals surface area contributed by atoms with E-state index in [2.05, 4.69) is 15.0 Å². The number of hydrogen-bond acceptors (Lipinski definition) is 5. The minimum Gasteiger partial charge on any atom is -0.468 e. The molecule has 6 nitrogen and oxygen atoms in total. The van der Waals surface area contributed by atoms with Crippen LogP contribution in [0.15, 0.2) is 23.4 Å². The number of nitrogens with one attached hydrogen (secondary N) is 1. The lowest BCUT2D eigenvalue weighted by Gasteiger charge is -2.09. The molecule has 0 unspecified atom stereocenters. The molecule has 0 aliphatic heterocycles. The molecule has 2 rings (SSSR count). The van der Waals surface area contributed by atoms with Gasteiger partial charge in [0.05, 0.1) is 29.5 Å². The highest BCUT2D eigenvalue weighted by Gasteiger charge is 2.31. The topological polar surface area (TPSA) is 73.2 Å². The molecule has 1 N–H and O–H groups in total. The van der Waals surface area contributed by atoms with Crippen LogP contribution < -0.4 is 5.32 Å². The van der Waals surface area contributed by atoms with Gasteiger partial charge in [0.25, 0.3) is 0 Å². The molecule has 0 aliphatic carbocycles. The lowest BCUT2D eigenvalue weighted by molar-refractivity contribution is -0.141. The van der Waals surface area contributed by atoms with Gasteiger partial charge < -0.3 is 14.6 Å². The first-order valence-electron chi connectivity index (χ1n) is 7.80. The van der Waals surface area contributed by atoms with E-state index in [1.807, 2.05) is 6.92 Å². The number of hydrogen-bond donors (Lipinski definition) is 1. The minimum absolute atomic E-state index is 0.0177. The molecule has 0 radical (unpaired) electrons. The fraction of sp³-hybridized carbons (Fsp3) is 0.438. The van der Waals surface area contributed by atoms with E-state index in [0.717, 1.165) is 23.9 Å². The zero-order chi connectivity index (χ0) is 19.3. The van der Waals surface area contributed by atoms with Gasteiger partial charge in [-0.25, -0.2) is 4.98 Å². The first-order chi connectivity index (χ1) is 12.3. The Balaban J connectivity index is 2.20. The normalized spacial score (nSPS) is 11.6. The highest BCUT2D eigenvalue weighted by Crippen LogP contribution is 2.33. The quantitative estimate of drug-likeness (QED) is 0.582. The van der Waals surface area contributed by atoms with Crippen molar-refractivity contribution in [3.8, 4) is 0 Å². The number of thioether (sulfide) groups is 1. The number of fused-ring (bicyclic) bond motifs is 1. The number of aromatic nitrogens is 2. The molecule has 0 fully saturated rings. The smallest absolute Gasteiger partial charge is 0.416 e. The van der Waals surface area contributed by atoms with Gasteiger partial charge in [-0.3, -0.25) is 9.59 Å². The number of carbonyl (C=O) groups is 2. The van der Waals surface area contributed by atoms with E-state index in [1.54, 1.807) is 4.57 Å². The number of imidazole rings is 1. The fourth-order valence-corrected chi connectivity index (χ4v) is 3.12. The number of amides is 1. The van der Waals surface area contributed by atoms with Crippen LogP contribution in [0, 0.1) is 0 Å². The molecule has 1 heterocycles. The summed E-state index contributed by atoms with van der Waals surface area (Å²) in [7, 11) is 1.21. The van der Waals surface area contributed by atoms with Crippen LogP contribution in [0.25, 0.3) is 11.0 Å². The van der Waals surface area contributed by atoms with E-state index in [9.17, 15) is 22.8 Å². The third kappa shape index (κ3) is 4.90. The van der Waals surface area contributed by atoms with Crippen LogP contribution in [0.2, 0.25) is 0 Å². The van der Waals surface area contributed by atoms with Gasteiger partial charge in [0, 0.05) is 6.54 Å². The number of alkyl halides is 3. The van der Waals surface area contributed by atoms with E-state index >= 15 is 0 Å². The Hall–Kier alpha value is -2.23. The van der Waals surface area contributed by atoms with E-state index in [0.29, 0.717) is 29.2 Å². The lowest BCUT2D eigenvalue weighted by Crippen LogP contribution is -2.31. The highest BCUT2D eigenvalue weighted by molar-refractivity contribution is 7.99. The number of aryl methyl sites for hydroxylation is 1. The Morgan fingerprint density at radius 3 is 2.69 bits per heavy atom. The Kier molecular flexibility index (Phi) is 6.52. The highest BCUT2D eigenvalue weighted by atomic mass is 32.2. The zero-order valence-corrected chi connectivity index (χ0v) is 15.0. The molecule has 142 valence electrons. The minimum atomic E-state index is -4.43. The van der Waals surface area contributed by atoms with E-state index in [-0.39, 0.29) is 12.3 Å². The standard InChI is InChI=1S/C16H18F3N3O3S/c1-3-6-22-12-7-10(16(17,18)19)4-5-11(12)21-15(22)26-9-13(23)20-8-14(24)25-2/h4-5,7H,3,6,8-9H2,1-2H3,(H,20,23). The molecular formula is C16H18F3N3O3S. The zero-order valence-electron chi connectivity index (χ0n) is 14.2. The van der Waals surface area contributed by atoms with E-state index in [4.69, 9.17) is 0 Å². The van der Waals surface area contributed by atoms with Crippen molar-refractivity contribution in [1.82, 2.24) is 14.9 Å². The predicted molar refractivity (Wildman–Crippen MR) is 90.8 cm³/mol. The number of halogens is 3. The van der Waals surface area contributed by atoms with Crippen LogP contribution in [0.1, 0.15) is 18.9 Å². The lowest BCUT2D eigenvalue weighted by atomic mass is 10.2. The number of nitrogens with zero attached hydrogens (tertiary/aromatic N) is 2. The predicted octanol–water partition coefficient (Wildman–Crippen LogP) is 2.85. The Labute approximate surface area is 152 Å². The van der Waals surface area contributed by atoms with Gasteiger partial charge in [-0.05, 0) is 24.6 Å². The van der Waals surface area contributed by atoms with E-state index < -0.39 is 23.6 Å². The van der Waals surface area contributed by atoms with Crippen LogP contribution in [0.5, 0.6) is 0 Å². The monoisotopic (exact) mass is 389 g/mol. The fourth-order valence-electron chi connectivity index (χ4n) is 2.25. The van der Waals surface area contributed by atoms with Crippen LogP contribution in [-0.2, 0) is 27.0 Å². The second-order valence-electron chi connectivity index (χ2n) is 5.39. The summed E-state index contributed by atoms with van der Waals surface area (Å²) in [6.45, 7) is 2.14. The number of benzene rings is 1. The van der Waals surface area contributed by atoms with Crippen molar-refractivity contribution < 1.29 is 27.5 Å². The summed E-state index contributed by atoms with van der Waals surface area (Å²) in [6, 6.07) is 3.38. The first-order valence-corrected chi connectivity index (χ1v) is 8.78. The number of carbonyl (C=O) groups excluding carboxylic acids is 2. The number of methoxy groups -OCH3 is 1. The second kappa shape index (κ2) is 8.43. The summed E-state index contributed by atoms with van der Waals surface area (Å²) in [4.78, 5) is 27.1. The molecule has 1 aromatic carbocycles. The van der Waals surface area contributed by atoms with Gasteiger partial charge in [0.1, 0.15) is 6.54 Å². The molecular weight excluding hydrogens is 371 g/mol. The summed E-state index contributed by atoms with van der Waals surface area (Å²) >= 11 is 1.10. The van der Waals surface area contributed by atoms with Crippen molar-refractivity contribution >= 4 is 34.7 Å². The van der Waals surface area contributed by atoms with Crippen LogP contribution in [0.3, 0.4) is 0 Å². The van der Waals surface area contributed by atoms with Crippen molar-refractivity contribution in [2.75, 3.05) is 19.4 Å². The van der Waals surface area contributed by atoms with Crippen LogP contribution >= 0.6 is 11.8 Å². The second-order valence-corrected chi connectivity index (χ2v) is 6.33. The average Bonchev–Trinajstić information content (AvgIpc) is 2.94. The average molecular weight is 389 g/mol. The van der Waals surface area contributed by atoms with Gasteiger partial charge in [-0.15, -0.1) is 0 Å². The van der Waals surface area contributed by atoms with Crippen molar-refractivity contribution in [1.29, 1.82) is 0 Å². The Morgan fingerprint density at radius 1 is 1.35 bits per heavy atom. The van der Waals surface area contributed by atoms with Crippen LogP contribution in [0.4, 0.5) is 13.2 Å². The Morgan fingerprint density at radius 2 is 2.08 bits per heavy atom. The summed E-state index contributed by atoms with van der Waals surface area (Å²) in [5.41, 5.74) is 0.0673. The van der Waals surface area contributed by atoms with Gasteiger partial charge >= 0.3 is 12.1 Å². The number of esters is 1. The molecule has 2 aromatic rings. The first kappa shape index (κ1) is 20.1. The third-order valence-electron chi connectivity index (χ3n) is 3.48. The summed E-state index contributed by atoms with van der Waals surface area (Å²) in [5, 5.41) is 2.85. The summed E-state index contributed by atoms with van der Waals surface area (Å²) < 4.78 is 44.9. The molecule has 1 aromatic heterocycles. The van der Waals surface area contributed by atoms with Crippen molar-refractivity contribution in [2.45, 2.75) is 31.2 Å². The number of ether oxygens (including phenoxy) is 1. The van der Waals surface area contributed by atoms with Gasteiger partial charge in [0.2, 0.25) is 5.91 Å². The summed E-state index contributed by atoms with van der Waals surface area (Å²) in [5.74, 6) is -0.983. The Bertz CT molecular complexity index is 805. The van der Waals surface area contributed by atoms with Gasteiger partial charge in [-0.2, -0.15) is 13.2 Å². The maximum Gasteiger partial charge on any atom is 0.416 e. The molecule has 0 saturated carbocycles.